The van der Waals surface area contributed by atoms with Crippen LogP contribution in [-0.2, 0) is 0 Å². The van der Waals surface area contributed by atoms with Crippen LogP contribution in [0.5, 0.6) is 0 Å². The highest BCUT2D eigenvalue weighted by atomic mass is 35.5. The van der Waals surface area contributed by atoms with Crippen molar-refractivity contribution in [2.45, 2.75) is 25.8 Å². The molecule has 0 saturated carbocycles. The van der Waals surface area contributed by atoms with Crippen LogP contribution in [0, 0.1) is 11.7 Å². The zero-order valence-electron chi connectivity index (χ0n) is 16.4. The first-order valence-electron chi connectivity index (χ1n) is 9.71. The number of carbonyl (C=O) groups is 1. The molecule has 1 saturated heterocycles. The number of rotatable bonds is 5. The molecular weight excluding hydrogens is 409 g/mol. The SMILES string of the molecule is CC1CCCN(C(=O)c2ccc(F)cc2-n2nccn2)C1CNc1ncc(Cl)cn1. The highest BCUT2D eigenvalue weighted by molar-refractivity contribution is 6.30. The first-order valence-corrected chi connectivity index (χ1v) is 10.1. The van der Waals surface area contributed by atoms with Gasteiger partial charge in [0.1, 0.15) is 11.5 Å². The van der Waals surface area contributed by atoms with Gasteiger partial charge in [0, 0.05) is 19.2 Å². The maximum Gasteiger partial charge on any atom is 0.256 e. The number of anilines is 1. The molecule has 8 nitrogen and oxygen atoms in total. The first kappa shape index (κ1) is 20.2. The zero-order chi connectivity index (χ0) is 21.1. The number of nitrogens with zero attached hydrogens (tertiary/aromatic N) is 6. The van der Waals surface area contributed by atoms with Crippen LogP contribution in [0.4, 0.5) is 10.3 Å². The van der Waals surface area contributed by atoms with Crippen LogP contribution in [0.1, 0.15) is 30.1 Å². The third-order valence-corrected chi connectivity index (χ3v) is 5.49. The molecule has 3 heterocycles. The fraction of sp³-hybridized carbons (Fsp3) is 0.350. The van der Waals surface area contributed by atoms with Gasteiger partial charge in [-0.3, -0.25) is 4.79 Å². The summed E-state index contributed by atoms with van der Waals surface area (Å²) in [5.41, 5.74) is 0.672. The summed E-state index contributed by atoms with van der Waals surface area (Å²) in [6.45, 7) is 3.22. The molecule has 30 heavy (non-hydrogen) atoms. The molecule has 10 heteroatoms. The molecular formula is C20H21ClFN7O. The Kier molecular flexibility index (Phi) is 5.89. The molecule has 1 aromatic carbocycles. The molecule has 1 fully saturated rings. The highest BCUT2D eigenvalue weighted by Gasteiger charge is 2.33. The van der Waals surface area contributed by atoms with Gasteiger partial charge in [0.15, 0.2) is 0 Å². The van der Waals surface area contributed by atoms with Crippen LogP contribution in [0.15, 0.2) is 43.0 Å². The summed E-state index contributed by atoms with van der Waals surface area (Å²) < 4.78 is 13.9. The average molecular weight is 430 g/mol. The van der Waals surface area contributed by atoms with Gasteiger partial charge in [-0.05, 0) is 30.9 Å². The van der Waals surface area contributed by atoms with Gasteiger partial charge in [-0.15, -0.1) is 0 Å². The van der Waals surface area contributed by atoms with Crippen molar-refractivity contribution in [2.75, 3.05) is 18.4 Å². The van der Waals surface area contributed by atoms with Crippen LogP contribution in [0.2, 0.25) is 5.02 Å². The number of hydrogen-bond donors (Lipinski definition) is 1. The molecule has 2 unspecified atom stereocenters. The van der Waals surface area contributed by atoms with Crippen molar-refractivity contribution in [2.24, 2.45) is 5.92 Å². The Hall–Kier alpha value is -3.07. The molecule has 2 aromatic heterocycles. The van der Waals surface area contributed by atoms with Crippen LogP contribution in [0.3, 0.4) is 0 Å². The lowest BCUT2D eigenvalue weighted by Crippen LogP contribution is -2.51. The number of hydrogen-bond acceptors (Lipinski definition) is 6. The van der Waals surface area contributed by atoms with E-state index in [2.05, 4.69) is 32.4 Å². The third-order valence-electron chi connectivity index (χ3n) is 5.29. The number of piperidine rings is 1. The van der Waals surface area contributed by atoms with Gasteiger partial charge in [0.25, 0.3) is 5.91 Å². The molecule has 1 aliphatic heterocycles. The Bertz CT molecular complexity index is 1010. The van der Waals surface area contributed by atoms with Crippen molar-refractivity contribution in [1.29, 1.82) is 0 Å². The standard InChI is InChI=1S/C20H21ClFN7O/c1-13-3-2-8-28(18(13)12-25-20-23-10-14(21)11-24-20)19(30)16-5-4-15(22)9-17(16)29-26-6-7-27-29/h4-7,9-11,13,18H,2-3,8,12H2,1H3,(H,23,24,25). The summed E-state index contributed by atoms with van der Waals surface area (Å²) in [6.07, 6.45) is 7.92. The van der Waals surface area contributed by atoms with E-state index in [9.17, 15) is 9.18 Å². The highest BCUT2D eigenvalue weighted by Crippen LogP contribution is 2.27. The quantitative estimate of drug-likeness (QED) is 0.670. The van der Waals surface area contributed by atoms with Crippen molar-refractivity contribution in [3.05, 3.63) is 59.4 Å². The molecule has 0 aliphatic carbocycles. The van der Waals surface area contributed by atoms with E-state index in [0.717, 1.165) is 12.8 Å². The summed E-state index contributed by atoms with van der Waals surface area (Å²) in [5, 5.41) is 11.8. The van der Waals surface area contributed by atoms with Crippen molar-refractivity contribution >= 4 is 23.5 Å². The largest absolute Gasteiger partial charge is 0.352 e. The average Bonchev–Trinajstić information content (AvgIpc) is 3.28. The number of nitrogens with one attached hydrogen (secondary N) is 1. The molecule has 1 amide bonds. The fourth-order valence-corrected chi connectivity index (χ4v) is 3.86. The predicted molar refractivity (Wildman–Crippen MR) is 110 cm³/mol. The Morgan fingerprint density at radius 3 is 2.73 bits per heavy atom. The number of aromatic nitrogens is 5. The second-order valence-electron chi connectivity index (χ2n) is 7.27. The minimum Gasteiger partial charge on any atom is -0.352 e. The van der Waals surface area contributed by atoms with Crippen molar-refractivity contribution in [3.8, 4) is 5.69 Å². The normalized spacial score (nSPS) is 19.0. The maximum atomic E-state index is 13.9. The number of likely N-dealkylation sites (tertiary alicyclic amines) is 1. The summed E-state index contributed by atoms with van der Waals surface area (Å²) in [6, 6.07) is 3.97. The number of carbonyl (C=O) groups excluding carboxylic acids is 1. The van der Waals surface area contributed by atoms with E-state index in [1.807, 2.05) is 4.90 Å². The van der Waals surface area contributed by atoms with Crippen molar-refractivity contribution in [3.63, 3.8) is 0 Å². The smallest absolute Gasteiger partial charge is 0.256 e. The van der Waals surface area contributed by atoms with E-state index < -0.39 is 5.82 Å². The van der Waals surface area contributed by atoms with Crippen LogP contribution >= 0.6 is 11.6 Å². The Balaban J connectivity index is 1.59. The number of amides is 1. The molecule has 2 atom stereocenters. The predicted octanol–water partition coefficient (Wildman–Crippen LogP) is 3.20. The summed E-state index contributed by atoms with van der Waals surface area (Å²) in [4.78, 5) is 24.9. The summed E-state index contributed by atoms with van der Waals surface area (Å²) in [7, 11) is 0. The van der Waals surface area contributed by atoms with Crippen LogP contribution < -0.4 is 5.32 Å². The van der Waals surface area contributed by atoms with E-state index in [-0.39, 0.29) is 17.9 Å². The molecule has 0 spiro atoms. The van der Waals surface area contributed by atoms with Crippen molar-refractivity contribution in [1.82, 2.24) is 29.9 Å². The van der Waals surface area contributed by atoms with Gasteiger partial charge in [0.2, 0.25) is 5.95 Å². The number of benzene rings is 1. The monoisotopic (exact) mass is 429 g/mol. The summed E-state index contributed by atoms with van der Waals surface area (Å²) in [5.74, 6) is 0.0867. The molecule has 4 rings (SSSR count). The lowest BCUT2D eigenvalue weighted by Gasteiger charge is -2.40. The lowest BCUT2D eigenvalue weighted by atomic mass is 9.90. The maximum absolute atomic E-state index is 13.9. The van der Waals surface area contributed by atoms with Crippen LogP contribution in [0.25, 0.3) is 5.69 Å². The van der Waals surface area contributed by atoms with Crippen molar-refractivity contribution < 1.29 is 9.18 Å². The third kappa shape index (κ3) is 4.25. The van der Waals surface area contributed by atoms with E-state index in [0.29, 0.717) is 35.3 Å². The molecule has 1 aliphatic rings. The van der Waals surface area contributed by atoms with E-state index >= 15 is 0 Å². The van der Waals surface area contributed by atoms with Gasteiger partial charge < -0.3 is 10.2 Å². The molecule has 1 N–H and O–H groups in total. The second-order valence-corrected chi connectivity index (χ2v) is 7.71. The van der Waals surface area contributed by atoms with Crippen LogP contribution in [-0.4, -0.2) is 54.9 Å². The topological polar surface area (TPSA) is 88.8 Å². The lowest BCUT2D eigenvalue weighted by molar-refractivity contribution is 0.0539. The summed E-state index contributed by atoms with van der Waals surface area (Å²) >= 11 is 5.84. The molecule has 0 radical (unpaired) electrons. The fourth-order valence-electron chi connectivity index (χ4n) is 3.76. The van der Waals surface area contributed by atoms with E-state index in [4.69, 9.17) is 11.6 Å². The Labute approximate surface area is 178 Å². The second kappa shape index (κ2) is 8.74. The van der Waals surface area contributed by atoms with Gasteiger partial charge in [-0.1, -0.05) is 18.5 Å². The number of halogens is 2. The molecule has 3 aromatic rings. The zero-order valence-corrected chi connectivity index (χ0v) is 17.1. The minimum atomic E-state index is -0.455. The van der Waals surface area contributed by atoms with Gasteiger partial charge in [-0.2, -0.15) is 15.0 Å². The van der Waals surface area contributed by atoms with Gasteiger partial charge in [-0.25, -0.2) is 14.4 Å². The molecule has 0 bridgehead atoms. The van der Waals surface area contributed by atoms with E-state index in [1.165, 1.54) is 47.8 Å². The van der Waals surface area contributed by atoms with Gasteiger partial charge in [0.05, 0.1) is 41.4 Å². The van der Waals surface area contributed by atoms with Gasteiger partial charge >= 0.3 is 0 Å². The molecule has 156 valence electrons. The first-order chi connectivity index (χ1) is 14.5. The Morgan fingerprint density at radius 2 is 2.00 bits per heavy atom. The minimum absolute atomic E-state index is 0.0750. The van der Waals surface area contributed by atoms with E-state index in [1.54, 1.807) is 0 Å². The Morgan fingerprint density at radius 1 is 1.27 bits per heavy atom.